The fourth-order valence-electron chi connectivity index (χ4n) is 1.83. The number of hydrogen-bond donors (Lipinski definition) is 0. The molecule has 1 aromatic heterocycles. The summed E-state index contributed by atoms with van der Waals surface area (Å²) >= 11 is 0. The van der Waals surface area contributed by atoms with Crippen LogP contribution in [0.4, 0.5) is 4.39 Å². The first kappa shape index (κ1) is 10.1. The number of alkyl halides is 1. The smallest absolute Gasteiger partial charge is 0.311 e. The Morgan fingerprint density at radius 1 is 1.80 bits per heavy atom. The van der Waals surface area contributed by atoms with Crippen LogP contribution in [0.5, 0.6) is 0 Å². The number of esters is 1. The van der Waals surface area contributed by atoms with Crippen molar-refractivity contribution in [3.63, 3.8) is 0 Å². The van der Waals surface area contributed by atoms with E-state index in [4.69, 9.17) is 4.74 Å². The van der Waals surface area contributed by atoms with E-state index in [1.54, 1.807) is 17.8 Å². The number of imidazole rings is 1. The van der Waals surface area contributed by atoms with Gasteiger partial charge in [-0.05, 0) is 6.92 Å². The molecule has 0 radical (unpaired) electrons. The molecule has 1 atom stereocenters. The van der Waals surface area contributed by atoms with Crippen LogP contribution in [0.1, 0.15) is 18.3 Å². The highest BCUT2D eigenvalue weighted by Crippen LogP contribution is 2.21. The van der Waals surface area contributed by atoms with Crippen molar-refractivity contribution in [1.29, 1.82) is 0 Å². The van der Waals surface area contributed by atoms with Crippen LogP contribution in [-0.4, -0.2) is 28.3 Å². The molecule has 1 aromatic rings. The number of hydrogen-bond acceptors (Lipinski definition) is 3. The Hall–Kier alpha value is -1.39. The summed E-state index contributed by atoms with van der Waals surface area (Å²) in [5.74, 6) is -0.304. The van der Waals surface area contributed by atoms with Crippen molar-refractivity contribution in [2.45, 2.75) is 32.5 Å². The van der Waals surface area contributed by atoms with Gasteiger partial charge in [-0.15, -0.1) is 0 Å². The molecular weight excluding hydrogens is 199 g/mol. The second-order valence-corrected chi connectivity index (χ2v) is 3.57. The van der Waals surface area contributed by atoms with E-state index in [0.29, 0.717) is 25.3 Å². The summed E-state index contributed by atoms with van der Waals surface area (Å²) in [5.41, 5.74) is 1.48. The lowest BCUT2D eigenvalue weighted by molar-refractivity contribution is -0.142. The zero-order chi connectivity index (χ0) is 10.8. The highest BCUT2D eigenvalue weighted by atomic mass is 19.1. The normalized spacial score (nSPS) is 18.9. The molecule has 0 aromatic carbocycles. The van der Waals surface area contributed by atoms with E-state index < -0.39 is 6.17 Å². The van der Waals surface area contributed by atoms with E-state index in [1.807, 2.05) is 0 Å². The van der Waals surface area contributed by atoms with Gasteiger partial charge in [0.1, 0.15) is 6.17 Å². The minimum Gasteiger partial charge on any atom is -0.466 e. The summed E-state index contributed by atoms with van der Waals surface area (Å²) in [7, 11) is 0. The Bertz CT molecular complexity index is 375. The number of rotatable bonds is 3. The van der Waals surface area contributed by atoms with Crippen LogP contribution < -0.4 is 0 Å². The van der Waals surface area contributed by atoms with Crippen LogP contribution >= 0.6 is 0 Å². The Morgan fingerprint density at radius 2 is 2.60 bits per heavy atom. The third-order valence-corrected chi connectivity index (χ3v) is 2.46. The number of carbonyl (C=O) groups is 1. The number of aromatic nitrogens is 2. The average molecular weight is 212 g/mol. The maximum absolute atomic E-state index is 13.1. The van der Waals surface area contributed by atoms with E-state index in [2.05, 4.69) is 4.98 Å². The molecule has 0 N–H and O–H groups in total. The van der Waals surface area contributed by atoms with Crippen molar-refractivity contribution in [2.24, 2.45) is 0 Å². The molecule has 2 heterocycles. The molecule has 2 rings (SSSR count). The van der Waals surface area contributed by atoms with Gasteiger partial charge in [0.2, 0.25) is 0 Å². The highest BCUT2D eigenvalue weighted by Gasteiger charge is 2.25. The fraction of sp³-hybridized carbons (Fsp3) is 0.600. The van der Waals surface area contributed by atoms with E-state index in [0.717, 1.165) is 5.69 Å². The Labute approximate surface area is 87.1 Å². The Morgan fingerprint density at radius 3 is 3.33 bits per heavy atom. The van der Waals surface area contributed by atoms with Crippen LogP contribution in [0.2, 0.25) is 0 Å². The van der Waals surface area contributed by atoms with Gasteiger partial charge in [-0.25, -0.2) is 9.37 Å². The van der Waals surface area contributed by atoms with Crippen LogP contribution in [-0.2, 0) is 28.9 Å². The maximum atomic E-state index is 13.1. The third-order valence-electron chi connectivity index (χ3n) is 2.46. The molecule has 0 fully saturated rings. The van der Waals surface area contributed by atoms with Gasteiger partial charge in [0.15, 0.2) is 0 Å². The van der Waals surface area contributed by atoms with Crippen LogP contribution in [0, 0.1) is 0 Å². The second kappa shape index (κ2) is 4.00. The lowest BCUT2D eigenvalue weighted by Gasteiger charge is -2.00. The van der Waals surface area contributed by atoms with Gasteiger partial charge in [0.05, 0.1) is 31.6 Å². The van der Waals surface area contributed by atoms with Crippen molar-refractivity contribution in [3.05, 3.63) is 17.7 Å². The molecule has 0 saturated carbocycles. The van der Waals surface area contributed by atoms with Crippen molar-refractivity contribution < 1.29 is 13.9 Å². The number of halogens is 1. The van der Waals surface area contributed by atoms with E-state index >= 15 is 0 Å². The van der Waals surface area contributed by atoms with Crippen LogP contribution in [0.3, 0.4) is 0 Å². The van der Waals surface area contributed by atoms with E-state index in [1.165, 1.54) is 0 Å². The molecule has 0 bridgehead atoms. The first-order valence-electron chi connectivity index (χ1n) is 5.03. The quantitative estimate of drug-likeness (QED) is 0.699. The van der Waals surface area contributed by atoms with Gasteiger partial charge in [-0.2, -0.15) is 0 Å². The van der Waals surface area contributed by atoms with Crippen molar-refractivity contribution in [3.8, 4) is 0 Å². The predicted octanol–water partition coefficient (Wildman–Crippen LogP) is 0.883. The molecule has 0 unspecified atom stereocenters. The van der Waals surface area contributed by atoms with Crippen molar-refractivity contribution in [1.82, 2.24) is 9.55 Å². The SMILES string of the molecule is CCOC(=O)Cc1ncn2c1C[C@@H](F)C2. The summed E-state index contributed by atoms with van der Waals surface area (Å²) in [5, 5.41) is 0. The number of ether oxygens (including phenoxy) is 1. The van der Waals surface area contributed by atoms with Crippen LogP contribution in [0.25, 0.3) is 0 Å². The number of fused-ring (bicyclic) bond motifs is 1. The molecule has 82 valence electrons. The molecule has 1 aliphatic heterocycles. The van der Waals surface area contributed by atoms with Gasteiger partial charge < -0.3 is 9.30 Å². The molecule has 4 nitrogen and oxygen atoms in total. The summed E-state index contributed by atoms with van der Waals surface area (Å²) in [6.07, 6.45) is 1.24. The molecule has 5 heteroatoms. The lowest BCUT2D eigenvalue weighted by Crippen LogP contribution is -2.09. The molecule has 1 aliphatic rings. The molecule has 15 heavy (non-hydrogen) atoms. The van der Waals surface area contributed by atoms with Gasteiger partial charge in [-0.3, -0.25) is 4.79 Å². The second-order valence-electron chi connectivity index (χ2n) is 3.57. The highest BCUT2D eigenvalue weighted by molar-refractivity contribution is 5.72. The fourth-order valence-corrected chi connectivity index (χ4v) is 1.83. The first-order chi connectivity index (χ1) is 7.20. The molecule has 0 aliphatic carbocycles. The average Bonchev–Trinajstić information content (AvgIpc) is 2.67. The summed E-state index contributed by atoms with van der Waals surface area (Å²) in [6.45, 7) is 2.47. The monoisotopic (exact) mass is 212 g/mol. The number of nitrogens with zero attached hydrogens (tertiary/aromatic N) is 2. The van der Waals surface area contributed by atoms with E-state index in [9.17, 15) is 9.18 Å². The zero-order valence-corrected chi connectivity index (χ0v) is 8.57. The van der Waals surface area contributed by atoms with Gasteiger partial charge in [0.25, 0.3) is 0 Å². The maximum Gasteiger partial charge on any atom is 0.311 e. The largest absolute Gasteiger partial charge is 0.466 e. The Balaban J connectivity index is 2.07. The first-order valence-corrected chi connectivity index (χ1v) is 5.03. The summed E-state index contributed by atoms with van der Waals surface area (Å²) in [6, 6.07) is 0. The lowest BCUT2D eigenvalue weighted by atomic mass is 10.2. The molecule has 0 amide bonds. The standard InChI is InChI=1S/C10H13FN2O2/c1-2-15-10(14)4-8-9-3-7(11)5-13(9)6-12-8/h6-7H,2-5H2,1H3/t7-/m1/s1. The zero-order valence-electron chi connectivity index (χ0n) is 8.57. The van der Waals surface area contributed by atoms with Crippen molar-refractivity contribution >= 4 is 5.97 Å². The number of carbonyl (C=O) groups excluding carboxylic acids is 1. The third kappa shape index (κ3) is 2.00. The molecular formula is C10H13FN2O2. The predicted molar refractivity (Wildman–Crippen MR) is 51.2 cm³/mol. The Kier molecular flexibility index (Phi) is 2.70. The topological polar surface area (TPSA) is 44.1 Å². The summed E-state index contributed by atoms with van der Waals surface area (Å²) < 4.78 is 19.6. The summed E-state index contributed by atoms with van der Waals surface area (Å²) in [4.78, 5) is 15.3. The molecule has 0 saturated heterocycles. The molecule has 0 spiro atoms. The van der Waals surface area contributed by atoms with Crippen LogP contribution in [0.15, 0.2) is 6.33 Å². The van der Waals surface area contributed by atoms with Crippen molar-refractivity contribution in [2.75, 3.05) is 6.61 Å². The van der Waals surface area contributed by atoms with Gasteiger partial charge in [-0.1, -0.05) is 0 Å². The minimum absolute atomic E-state index is 0.142. The van der Waals surface area contributed by atoms with E-state index in [-0.39, 0.29) is 12.4 Å². The minimum atomic E-state index is -0.844. The van der Waals surface area contributed by atoms with Gasteiger partial charge >= 0.3 is 5.97 Å². The van der Waals surface area contributed by atoms with Gasteiger partial charge in [0, 0.05) is 12.1 Å².